The molecule has 0 bridgehead atoms. The molecule has 0 saturated carbocycles. The molecule has 2 unspecified atom stereocenters. The van der Waals surface area contributed by atoms with Gasteiger partial charge in [0.25, 0.3) is 0 Å². The van der Waals surface area contributed by atoms with E-state index >= 15 is 0 Å². The van der Waals surface area contributed by atoms with Crippen molar-refractivity contribution < 1.29 is 13.5 Å². The van der Waals surface area contributed by atoms with E-state index < -0.39 is 6.43 Å². The molecule has 1 aliphatic heterocycles. The molecule has 0 spiro atoms. The van der Waals surface area contributed by atoms with E-state index in [1.807, 2.05) is 26.0 Å². The first-order chi connectivity index (χ1) is 8.11. The number of hydrogen-bond acceptors (Lipinski definition) is 1. The molecule has 1 aliphatic rings. The van der Waals surface area contributed by atoms with Gasteiger partial charge in [-0.1, -0.05) is 25.1 Å². The minimum Gasteiger partial charge on any atom is -0.370 e. The summed E-state index contributed by atoms with van der Waals surface area (Å²) in [4.78, 5) is 0. The van der Waals surface area contributed by atoms with Crippen LogP contribution >= 0.6 is 0 Å². The lowest BCUT2D eigenvalue weighted by Gasteiger charge is -2.32. The summed E-state index contributed by atoms with van der Waals surface area (Å²) in [6.07, 6.45) is -1.37. The van der Waals surface area contributed by atoms with Crippen LogP contribution in [0.2, 0.25) is 0 Å². The Morgan fingerprint density at radius 1 is 1.41 bits per heavy atom. The fraction of sp³-hybridized carbons (Fsp3) is 0.571. The van der Waals surface area contributed by atoms with E-state index in [4.69, 9.17) is 4.74 Å². The zero-order valence-corrected chi connectivity index (χ0v) is 10.2. The van der Waals surface area contributed by atoms with Crippen LogP contribution in [0.5, 0.6) is 0 Å². The molecule has 1 nitrogen and oxygen atoms in total. The predicted octanol–water partition coefficient (Wildman–Crippen LogP) is 4.04. The molecular formula is C14H18F2O. The highest BCUT2D eigenvalue weighted by Crippen LogP contribution is 2.35. The largest absolute Gasteiger partial charge is 0.370 e. The van der Waals surface area contributed by atoms with Crippen LogP contribution in [0.4, 0.5) is 8.78 Å². The number of aryl methyl sites for hydroxylation is 1. The van der Waals surface area contributed by atoms with Gasteiger partial charge in [0.2, 0.25) is 6.43 Å². The van der Waals surface area contributed by atoms with Gasteiger partial charge in [0.05, 0.1) is 12.2 Å². The standard InChI is InChI=1S/C14H18F2O/c1-3-13-11-6-4-5-9(2)12(11)7-10(17-13)8-14(15)16/h4-6,10,13-14H,3,7-8H2,1-2H3. The summed E-state index contributed by atoms with van der Waals surface area (Å²) >= 11 is 0. The van der Waals surface area contributed by atoms with Crippen molar-refractivity contribution in [1.29, 1.82) is 0 Å². The fourth-order valence-electron chi connectivity index (χ4n) is 2.54. The topological polar surface area (TPSA) is 9.23 Å². The molecule has 1 heterocycles. The first kappa shape index (κ1) is 12.5. The molecule has 2 rings (SSSR count). The van der Waals surface area contributed by atoms with E-state index in [2.05, 4.69) is 6.07 Å². The van der Waals surface area contributed by atoms with E-state index in [1.54, 1.807) is 0 Å². The molecule has 3 heteroatoms. The lowest BCUT2D eigenvalue weighted by atomic mass is 9.89. The SMILES string of the molecule is CCC1OC(CC(F)F)Cc2c(C)cccc21. The van der Waals surface area contributed by atoms with Crippen molar-refractivity contribution in [3.05, 3.63) is 34.9 Å². The molecule has 0 aliphatic carbocycles. The van der Waals surface area contributed by atoms with Gasteiger partial charge in [0.15, 0.2) is 0 Å². The smallest absolute Gasteiger partial charge is 0.241 e. The third-order valence-electron chi connectivity index (χ3n) is 3.39. The molecule has 2 atom stereocenters. The second-order valence-electron chi connectivity index (χ2n) is 4.63. The Bertz CT molecular complexity index is 390. The van der Waals surface area contributed by atoms with Gasteiger partial charge in [-0.05, 0) is 36.5 Å². The van der Waals surface area contributed by atoms with Crippen molar-refractivity contribution in [2.75, 3.05) is 0 Å². The molecule has 1 aromatic rings. The first-order valence-electron chi connectivity index (χ1n) is 6.13. The van der Waals surface area contributed by atoms with Gasteiger partial charge in [-0.3, -0.25) is 0 Å². The number of ether oxygens (including phenoxy) is 1. The van der Waals surface area contributed by atoms with Crippen LogP contribution in [-0.2, 0) is 11.2 Å². The summed E-state index contributed by atoms with van der Waals surface area (Å²) in [5.74, 6) is 0. The average Bonchev–Trinajstić information content (AvgIpc) is 2.28. The first-order valence-corrected chi connectivity index (χ1v) is 6.13. The van der Waals surface area contributed by atoms with Crippen LogP contribution in [0.15, 0.2) is 18.2 Å². The van der Waals surface area contributed by atoms with E-state index in [-0.39, 0.29) is 18.6 Å². The zero-order chi connectivity index (χ0) is 12.4. The number of fused-ring (bicyclic) bond motifs is 1. The monoisotopic (exact) mass is 240 g/mol. The minimum atomic E-state index is -2.29. The second kappa shape index (κ2) is 5.13. The van der Waals surface area contributed by atoms with Crippen molar-refractivity contribution in [2.24, 2.45) is 0 Å². The predicted molar refractivity (Wildman–Crippen MR) is 63.4 cm³/mol. The minimum absolute atomic E-state index is 0.0256. The van der Waals surface area contributed by atoms with Crippen molar-refractivity contribution in [3.63, 3.8) is 0 Å². The van der Waals surface area contributed by atoms with Crippen LogP contribution in [0.3, 0.4) is 0 Å². The van der Waals surface area contributed by atoms with Crippen LogP contribution in [-0.4, -0.2) is 12.5 Å². The summed E-state index contributed by atoms with van der Waals surface area (Å²) < 4.78 is 30.6. The van der Waals surface area contributed by atoms with Crippen LogP contribution in [0, 0.1) is 6.92 Å². The van der Waals surface area contributed by atoms with Gasteiger partial charge in [-0.25, -0.2) is 8.78 Å². The number of hydrogen-bond donors (Lipinski definition) is 0. The molecule has 94 valence electrons. The Labute approximate surface area is 101 Å². The third kappa shape index (κ3) is 2.65. The molecule has 0 saturated heterocycles. The summed E-state index contributed by atoms with van der Waals surface area (Å²) in [7, 11) is 0. The molecular weight excluding hydrogens is 222 g/mol. The Balaban J connectivity index is 2.27. The maximum absolute atomic E-state index is 12.4. The van der Waals surface area contributed by atoms with Gasteiger partial charge in [-0.2, -0.15) is 0 Å². The maximum Gasteiger partial charge on any atom is 0.241 e. The number of alkyl halides is 2. The Morgan fingerprint density at radius 2 is 2.18 bits per heavy atom. The highest BCUT2D eigenvalue weighted by atomic mass is 19.3. The molecule has 1 aromatic carbocycles. The van der Waals surface area contributed by atoms with E-state index in [0.29, 0.717) is 6.42 Å². The molecule has 0 N–H and O–H groups in total. The van der Waals surface area contributed by atoms with E-state index in [9.17, 15) is 8.78 Å². The molecule has 0 aromatic heterocycles. The summed E-state index contributed by atoms with van der Waals surface area (Å²) in [5, 5.41) is 0. The van der Waals surface area contributed by atoms with Crippen LogP contribution < -0.4 is 0 Å². The lowest BCUT2D eigenvalue weighted by molar-refractivity contribution is -0.0550. The molecule has 0 radical (unpaired) electrons. The van der Waals surface area contributed by atoms with Crippen molar-refractivity contribution in [3.8, 4) is 0 Å². The zero-order valence-electron chi connectivity index (χ0n) is 10.2. The van der Waals surface area contributed by atoms with Gasteiger partial charge >= 0.3 is 0 Å². The van der Waals surface area contributed by atoms with Gasteiger partial charge < -0.3 is 4.74 Å². The fourth-order valence-corrected chi connectivity index (χ4v) is 2.54. The van der Waals surface area contributed by atoms with Crippen molar-refractivity contribution in [1.82, 2.24) is 0 Å². The average molecular weight is 240 g/mol. The Morgan fingerprint density at radius 3 is 2.82 bits per heavy atom. The van der Waals surface area contributed by atoms with Crippen molar-refractivity contribution in [2.45, 2.75) is 51.7 Å². The Kier molecular flexibility index (Phi) is 3.77. The van der Waals surface area contributed by atoms with Crippen LogP contribution in [0.1, 0.15) is 42.6 Å². The number of halogens is 2. The molecule has 17 heavy (non-hydrogen) atoms. The van der Waals surface area contributed by atoms with Crippen LogP contribution in [0.25, 0.3) is 0 Å². The molecule has 0 fully saturated rings. The maximum atomic E-state index is 12.4. The number of rotatable bonds is 3. The molecule has 0 amide bonds. The lowest BCUT2D eigenvalue weighted by Crippen LogP contribution is -2.28. The normalized spacial score (nSPS) is 23.8. The number of benzene rings is 1. The van der Waals surface area contributed by atoms with Gasteiger partial charge in [0, 0.05) is 6.42 Å². The Hall–Kier alpha value is -0.960. The van der Waals surface area contributed by atoms with E-state index in [1.165, 1.54) is 16.7 Å². The summed E-state index contributed by atoms with van der Waals surface area (Å²) in [6, 6.07) is 6.10. The summed E-state index contributed by atoms with van der Waals surface area (Å²) in [5.41, 5.74) is 3.57. The van der Waals surface area contributed by atoms with Gasteiger partial charge in [0.1, 0.15) is 0 Å². The van der Waals surface area contributed by atoms with E-state index in [0.717, 1.165) is 6.42 Å². The quantitative estimate of drug-likeness (QED) is 0.774. The van der Waals surface area contributed by atoms with Crippen molar-refractivity contribution >= 4 is 0 Å². The summed E-state index contributed by atoms with van der Waals surface area (Å²) in [6.45, 7) is 4.07. The highest BCUT2D eigenvalue weighted by Gasteiger charge is 2.28. The second-order valence-corrected chi connectivity index (χ2v) is 4.63. The highest BCUT2D eigenvalue weighted by molar-refractivity contribution is 5.37. The van der Waals surface area contributed by atoms with Gasteiger partial charge in [-0.15, -0.1) is 0 Å². The third-order valence-corrected chi connectivity index (χ3v) is 3.39.